The summed E-state index contributed by atoms with van der Waals surface area (Å²) in [6, 6.07) is 18.7. The van der Waals surface area contributed by atoms with Crippen molar-refractivity contribution in [2.24, 2.45) is 0 Å². The molecule has 1 N–H and O–H groups in total. The molecule has 3 rings (SSSR count). The zero-order valence-electron chi connectivity index (χ0n) is 20.0. The zero-order chi connectivity index (χ0) is 24.8. The molecule has 0 atom stereocenters. The second-order valence-corrected chi connectivity index (χ2v) is 7.97. The quantitative estimate of drug-likeness (QED) is 0.430. The lowest BCUT2D eigenvalue weighted by molar-refractivity contribution is -0.125. The molecule has 0 aliphatic heterocycles. The van der Waals surface area contributed by atoms with Gasteiger partial charge in [-0.25, -0.2) is 0 Å². The van der Waals surface area contributed by atoms with Gasteiger partial charge in [-0.05, 0) is 73.5 Å². The highest BCUT2D eigenvalue weighted by molar-refractivity contribution is 6.01. The predicted molar refractivity (Wildman–Crippen MR) is 132 cm³/mol. The zero-order valence-corrected chi connectivity index (χ0v) is 20.0. The highest BCUT2D eigenvalue weighted by atomic mass is 16.5. The average molecular weight is 457 g/mol. The first kappa shape index (κ1) is 24.3. The Bertz CT molecular complexity index is 1260. The van der Waals surface area contributed by atoms with Gasteiger partial charge in [-0.3, -0.25) is 9.59 Å². The van der Waals surface area contributed by atoms with Crippen molar-refractivity contribution in [1.82, 2.24) is 14.8 Å². The number of carbonyl (C=O) groups excluding carboxylic acids is 2. The molecule has 7 nitrogen and oxygen atoms in total. The Hall–Kier alpha value is -4.31. The van der Waals surface area contributed by atoms with Gasteiger partial charge in [-0.1, -0.05) is 12.1 Å². The van der Waals surface area contributed by atoms with E-state index in [0.717, 1.165) is 34.0 Å². The van der Waals surface area contributed by atoms with Gasteiger partial charge in [0.05, 0.1) is 7.11 Å². The van der Waals surface area contributed by atoms with E-state index in [2.05, 4.69) is 16.0 Å². The van der Waals surface area contributed by atoms with E-state index in [0.29, 0.717) is 12.1 Å². The molecule has 0 unspecified atom stereocenters. The number of rotatable bonds is 7. The number of likely N-dealkylation sites (N-methyl/N-ethyl adjacent to an activating group) is 1. The molecule has 0 aliphatic carbocycles. The van der Waals surface area contributed by atoms with Crippen LogP contribution in [0.1, 0.15) is 32.9 Å². The van der Waals surface area contributed by atoms with E-state index in [9.17, 15) is 14.9 Å². The summed E-state index contributed by atoms with van der Waals surface area (Å²) in [6.07, 6.45) is 1.63. The molecule has 0 radical (unpaired) electrons. The molecule has 34 heavy (non-hydrogen) atoms. The Labute approximate surface area is 199 Å². The molecular weight excluding hydrogens is 428 g/mol. The van der Waals surface area contributed by atoms with Gasteiger partial charge in [0.2, 0.25) is 0 Å². The number of carbonyl (C=O) groups is 2. The molecule has 1 aromatic heterocycles. The lowest BCUT2D eigenvalue weighted by Gasteiger charge is -2.17. The standard InChI is InChI=1S/C27H28N4O3/c1-18-14-22(19(2)31(18)24-10-12-25(34-5)13-11-24)15-23(16-28)27(33)30(4)17-20-6-8-21(9-7-20)26(32)29-3/h6-15H,17H2,1-5H3,(H,29,32)/b23-15+. The molecule has 7 heteroatoms. The number of nitrogens with zero attached hydrogens (tertiary/aromatic N) is 3. The van der Waals surface area contributed by atoms with Crippen LogP contribution in [-0.2, 0) is 11.3 Å². The van der Waals surface area contributed by atoms with Gasteiger partial charge in [-0.15, -0.1) is 0 Å². The number of methoxy groups -OCH3 is 1. The number of aryl methyl sites for hydroxylation is 1. The van der Waals surface area contributed by atoms with E-state index in [-0.39, 0.29) is 17.4 Å². The third-order valence-electron chi connectivity index (χ3n) is 5.66. The maximum atomic E-state index is 13.0. The molecule has 0 saturated heterocycles. The maximum Gasteiger partial charge on any atom is 0.264 e. The van der Waals surface area contributed by atoms with Crippen LogP contribution >= 0.6 is 0 Å². The summed E-state index contributed by atoms with van der Waals surface area (Å²) in [5.41, 5.74) is 5.15. The Morgan fingerprint density at radius 2 is 1.76 bits per heavy atom. The molecule has 0 fully saturated rings. The number of nitriles is 1. The van der Waals surface area contributed by atoms with Crippen molar-refractivity contribution in [3.05, 3.63) is 88.2 Å². The van der Waals surface area contributed by atoms with E-state index >= 15 is 0 Å². The Morgan fingerprint density at radius 3 is 2.32 bits per heavy atom. The fraction of sp³-hybridized carbons (Fsp3) is 0.222. The second kappa shape index (κ2) is 10.5. The smallest absolute Gasteiger partial charge is 0.264 e. The normalized spacial score (nSPS) is 11.0. The Morgan fingerprint density at radius 1 is 1.12 bits per heavy atom. The predicted octanol–water partition coefficient (Wildman–Crippen LogP) is 4.03. The van der Waals surface area contributed by atoms with Gasteiger partial charge < -0.3 is 19.5 Å². The van der Waals surface area contributed by atoms with Gasteiger partial charge in [-0.2, -0.15) is 5.26 Å². The second-order valence-electron chi connectivity index (χ2n) is 7.97. The molecular formula is C27H28N4O3. The van der Waals surface area contributed by atoms with Crippen LogP contribution in [0.5, 0.6) is 5.75 Å². The van der Waals surface area contributed by atoms with Gasteiger partial charge >= 0.3 is 0 Å². The summed E-state index contributed by atoms with van der Waals surface area (Å²) in [5, 5.41) is 12.3. The van der Waals surface area contributed by atoms with Crippen molar-refractivity contribution < 1.29 is 14.3 Å². The first-order valence-corrected chi connectivity index (χ1v) is 10.8. The van der Waals surface area contributed by atoms with Crippen molar-refractivity contribution in [3.63, 3.8) is 0 Å². The van der Waals surface area contributed by atoms with Crippen molar-refractivity contribution in [2.75, 3.05) is 21.2 Å². The summed E-state index contributed by atoms with van der Waals surface area (Å²) < 4.78 is 7.31. The number of hydrogen-bond donors (Lipinski definition) is 1. The minimum Gasteiger partial charge on any atom is -0.497 e. The SMILES string of the molecule is CNC(=O)c1ccc(CN(C)C(=O)/C(C#N)=C/c2cc(C)n(-c3ccc(OC)cc3)c2C)cc1. The minimum absolute atomic E-state index is 0.0551. The Kier molecular flexibility index (Phi) is 7.54. The lowest BCUT2D eigenvalue weighted by atomic mass is 10.1. The largest absolute Gasteiger partial charge is 0.497 e. The van der Waals surface area contributed by atoms with Crippen molar-refractivity contribution >= 4 is 17.9 Å². The van der Waals surface area contributed by atoms with Crippen LogP contribution < -0.4 is 10.1 Å². The fourth-order valence-electron chi connectivity index (χ4n) is 3.82. The number of benzene rings is 2. The van der Waals surface area contributed by atoms with E-state index < -0.39 is 0 Å². The van der Waals surface area contributed by atoms with Crippen LogP contribution in [0.4, 0.5) is 0 Å². The third-order valence-corrected chi connectivity index (χ3v) is 5.66. The highest BCUT2D eigenvalue weighted by Crippen LogP contribution is 2.24. The van der Waals surface area contributed by atoms with Gasteiger partial charge in [0.1, 0.15) is 17.4 Å². The van der Waals surface area contributed by atoms with Crippen LogP contribution in [0.3, 0.4) is 0 Å². The highest BCUT2D eigenvalue weighted by Gasteiger charge is 2.17. The topological polar surface area (TPSA) is 87.4 Å². The van der Waals surface area contributed by atoms with Gasteiger partial charge in [0, 0.05) is 43.3 Å². The lowest BCUT2D eigenvalue weighted by Crippen LogP contribution is -2.27. The number of ether oxygens (including phenoxy) is 1. The average Bonchev–Trinajstić information content (AvgIpc) is 3.14. The van der Waals surface area contributed by atoms with Crippen LogP contribution in [0.2, 0.25) is 0 Å². The van der Waals surface area contributed by atoms with E-state index in [4.69, 9.17) is 4.74 Å². The van der Waals surface area contributed by atoms with Gasteiger partial charge in [0.25, 0.3) is 11.8 Å². The summed E-state index contributed by atoms with van der Waals surface area (Å²) >= 11 is 0. The number of nitrogens with one attached hydrogen (secondary N) is 1. The summed E-state index contributed by atoms with van der Waals surface area (Å²) in [5.74, 6) is 0.236. The first-order valence-electron chi connectivity index (χ1n) is 10.8. The van der Waals surface area contributed by atoms with Crippen LogP contribution in [0.15, 0.2) is 60.2 Å². The van der Waals surface area contributed by atoms with E-state index in [1.165, 1.54) is 4.90 Å². The van der Waals surface area contributed by atoms with Crippen LogP contribution in [0.25, 0.3) is 11.8 Å². The fourth-order valence-corrected chi connectivity index (χ4v) is 3.82. The van der Waals surface area contributed by atoms with Crippen LogP contribution in [0, 0.1) is 25.2 Å². The summed E-state index contributed by atoms with van der Waals surface area (Å²) in [6.45, 7) is 4.26. The molecule has 1 heterocycles. The maximum absolute atomic E-state index is 13.0. The third kappa shape index (κ3) is 5.18. The summed E-state index contributed by atoms with van der Waals surface area (Å²) in [4.78, 5) is 26.2. The summed E-state index contributed by atoms with van der Waals surface area (Å²) in [7, 11) is 4.86. The number of amides is 2. The molecule has 2 amide bonds. The van der Waals surface area contributed by atoms with E-state index in [1.807, 2.05) is 44.2 Å². The van der Waals surface area contributed by atoms with Crippen molar-refractivity contribution in [1.29, 1.82) is 5.26 Å². The first-order chi connectivity index (χ1) is 16.3. The Balaban J connectivity index is 1.82. The van der Waals surface area contributed by atoms with Crippen molar-refractivity contribution in [3.8, 4) is 17.5 Å². The molecule has 174 valence electrons. The molecule has 0 saturated carbocycles. The number of aromatic nitrogens is 1. The molecule has 0 bridgehead atoms. The monoisotopic (exact) mass is 456 g/mol. The molecule has 0 spiro atoms. The molecule has 0 aliphatic rings. The molecule has 3 aromatic rings. The minimum atomic E-state index is -0.368. The van der Waals surface area contributed by atoms with Crippen LogP contribution in [-0.4, -0.2) is 42.5 Å². The molecule has 2 aromatic carbocycles. The van der Waals surface area contributed by atoms with Crippen molar-refractivity contribution in [2.45, 2.75) is 20.4 Å². The van der Waals surface area contributed by atoms with E-state index in [1.54, 1.807) is 51.5 Å². The van der Waals surface area contributed by atoms with Gasteiger partial charge in [0.15, 0.2) is 0 Å². The number of hydrogen-bond acceptors (Lipinski definition) is 4.